The van der Waals surface area contributed by atoms with Crippen molar-refractivity contribution < 1.29 is 24.2 Å². The number of nitrogens with zero attached hydrogens (tertiary/aromatic N) is 3. The highest BCUT2D eigenvalue weighted by atomic mass is 35.5. The summed E-state index contributed by atoms with van der Waals surface area (Å²) in [4.78, 5) is 35.5. The second-order valence-corrected chi connectivity index (χ2v) is 17.0. The second kappa shape index (κ2) is 17.3. The Morgan fingerprint density at radius 3 is 2.41 bits per heavy atom. The molecule has 1 saturated carbocycles. The monoisotopic (exact) mass is 832 g/mol. The van der Waals surface area contributed by atoms with E-state index < -0.39 is 18.1 Å². The van der Waals surface area contributed by atoms with Gasteiger partial charge in [-0.3, -0.25) is 14.7 Å². The molecule has 1 fully saturated rings. The van der Waals surface area contributed by atoms with Crippen LogP contribution in [0.2, 0.25) is 10.0 Å². The zero-order valence-corrected chi connectivity index (χ0v) is 35.4. The Hall–Kier alpha value is -5.09. The first-order valence-corrected chi connectivity index (χ1v) is 21.3. The van der Waals surface area contributed by atoms with E-state index in [0.717, 1.165) is 99.6 Å². The third kappa shape index (κ3) is 8.93. The van der Waals surface area contributed by atoms with Crippen LogP contribution in [0.15, 0.2) is 91.1 Å². The van der Waals surface area contributed by atoms with Gasteiger partial charge in [0.05, 0.1) is 21.8 Å². The summed E-state index contributed by atoms with van der Waals surface area (Å²) in [6.45, 7) is 7.50. The average Bonchev–Trinajstić information content (AvgIpc) is 4.10. The van der Waals surface area contributed by atoms with Crippen LogP contribution < -0.4 is 19.7 Å². The Labute approximate surface area is 356 Å². The van der Waals surface area contributed by atoms with Crippen LogP contribution in [0.3, 0.4) is 0 Å². The smallest absolute Gasteiger partial charge is 0.326 e. The first kappa shape index (κ1) is 40.7. The minimum Gasteiger partial charge on any atom is -0.486 e. The molecule has 4 aromatic carbocycles. The van der Waals surface area contributed by atoms with Crippen molar-refractivity contribution in [3.05, 3.63) is 140 Å². The number of carbonyl (C=O) groups is 2. The summed E-state index contributed by atoms with van der Waals surface area (Å²) < 4.78 is 13.2. The Bertz CT molecular complexity index is 2350. The number of ether oxygens (including phenoxy) is 2. The molecular formula is C48H50Cl2N4O5. The van der Waals surface area contributed by atoms with Gasteiger partial charge in [0, 0.05) is 50.9 Å². The Morgan fingerprint density at radius 2 is 1.71 bits per heavy atom. The molecule has 0 unspecified atom stereocenters. The van der Waals surface area contributed by atoms with Gasteiger partial charge in [0.2, 0.25) is 5.91 Å². The largest absolute Gasteiger partial charge is 0.486 e. The van der Waals surface area contributed by atoms with Gasteiger partial charge in [-0.15, -0.1) is 0 Å². The maximum absolute atomic E-state index is 14.1. The number of hydrogen-bond acceptors (Lipinski definition) is 7. The number of rotatable bonds is 12. The quantitative estimate of drug-likeness (QED) is 0.128. The molecule has 1 amide bonds. The van der Waals surface area contributed by atoms with Gasteiger partial charge < -0.3 is 24.8 Å². The third-order valence-corrected chi connectivity index (χ3v) is 12.9. The molecule has 11 heteroatoms. The predicted molar refractivity (Wildman–Crippen MR) is 233 cm³/mol. The third-order valence-electron chi connectivity index (χ3n) is 12.2. The zero-order valence-electron chi connectivity index (χ0n) is 33.9. The molecule has 2 N–H and O–H groups in total. The highest BCUT2D eigenvalue weighted by molar-refractivity contribution is 6.42. The summed E-state index contributed by atoms with van der Waals surface area (Å²) in [5, 5.41) is 14.2. The van der Waals surface area contributed by atoms with Crippen molar-refractivity contribution in [2.45, 2.75) is 96.2 Å². The van der Waals surface area contributed by atoms with Crippen LogP contribution in [-0.2, 0) is 29.0 Å². The van der Waals surface area contributed by atoms with Crippen LogP contribution in [0.4, 0.5) is 5.69 Å². The van der Waals surface area contributed by atoms with Gasteiger partial charge in [0.15, 0.2) is 0 Å². The number of pyridine rings is 1. The molecule has 1 aromatic heterocycles. The van der Waals surface area contributed by atoms with Crippen molar-refractivity contribution in [3.63, 3.8) is 0 Å². The minimum atomic E-state index is -1.06. The number of carboxylic acids is 1. The lowest BCUT2D eigenvalue weighted by atomic mass is 9.91. The zero-order chi connectivity index (χ0) is 41.4. The van der Waals surface area contributed by atoms with Crippen LogP contribution >= 0.6 is 23.2 Å². The maximum atomic E-state index is 14.1. The molecular weight excluding hydrogens is 783 g/mol. The Kier molecular flexibility index (Phi) is 11.9. The lowest BCUT2D eigenvalue weighted by Crippen LogP contribution is -2.55. The molecule has 1 aliphatic carbocycles. The number of anilines is 1. The summed E-state index contributed by atoms with van der Waals surface area (Å²) in [6.07, 6.45) is 5.77. The van der Waals surface area contributed by atoms with Crippen molar-refractivity contribution in [2.75, 3.05) is 18.5 Å². The number of carbonyl (C=O) groups excluding carboxylic acids is 1. The molecule has 2 aliphatic heterocycles. The summed E-state index contributed by atoms with van der Waals surface area (Å²) >= 11 is 12.4. The molecule has 59 heavy (non-hydrogen) atoms. The van der Waals surface area contributed by atoms with Crippen LogP contribution in [0, 0.1) is 13.8 Å². The standard InChI is InChI=1S/C48H50Cl2N4O5/c1-5-44(33-12-17-39(49)40(50)23-33)58-37-15-10-32(11-16-37)45-19-21-53(4)42-24-34-25-43(54(36-13-14-36)27-35(34)26-46(42)59-45)47(55)52-41(48(56)57)22-30-6-8-31(9-7-30)38-18-20-51-29(3)28(38)2/h6-12,15-18,20,23-24,26,36,41,43-45H,5,13-14,19,21-22,25,27H2,1-4H3,(H,52,55)(H,56,57)/t41-,43-,44+,45+/m0/s1. The molecule has 4 atom stereocenters. The molecule has 0 saturated heterocycles. The number of benzene rings is 4. The van der Waals surface area contributed by atoms with Crippen molar-refractivity contribution in [1.82, 2.24) is 15.2 Å². The average molecular weight is 834 g/mol. The van der Waals surface area contributed by atoms with Crippen LogP contribution in [0.25, 0.3) is 11.1 Å². The number of aryl methyl sites for hydroxylation is 1. The topological polar surface area (TPSA) is 104 Å². The first-order chi connectivity index (χ1) is 28.4. The molecule has 0 bridgehead atoms. The number of aliphatic carboxylic acids is 1. The molecule has 306 valence electrons. The number of halogens is 2. The maximum Gasteiger partial charge on any atom is 0.326 e. The van der Waals surface area contributed by atoms with Crippen LogP contribution in [0.5, 0.6) is 11.5 Å². The van der Waals surface area contributed by atoms with E-state index in [1.54, 1.807) is 12.3 Å². The van der Waals surface area contributed by atoms with Gasteiger partial charge in [-0.1, -0.05) is 72.6 Å². The van der Waals surface area contributed by atoms with Gasteiger partial charge in [0.25, 0.3) is 0 Å². The van der Waals surface area contributed by atoms with Gasteiger partial charge in [-0.2, -0.15) is 0 Å². The Balaban J connectivity index is 0.957. The van der Waals surface area contributed by atoms with E-state index in [1.165, 1.54) is 0 Å². The molecule has 5 aromatic rings. The second-order valence-electron chi connectivity index (χ2n) is 16.2. The van der Waals surface area contributed by atoms with E-state index in [2.05, 4.69) is 65.3 Å². The normalized spacial score (nSPS) is 18.8. The number of carboxylic acid groups (broad SMARTS) is 1. The van der Waals surface area contributed by atoms with E-state index in [4.69, 9.17) is 32.7 Å². The number of amides is 1. The molecule has 3 aliphatic rings. The number of hydrogen-bond donors (Lipinski definition) is 2. The van der Waals surface area contributed by atoms with Crippen molar-refractivity contribution in [1.29, 1.82) is 0 Å². The Morgan fingerprint density at radius 1 is 0.949 bits per heavy atom. The SMILES string of the molecule is CC[C@@H](Oc1ccc([C@H]2CCN(C)c3cc4c(cc3O2)CN(C2CC2)[C@H](C(=O)N[C@@H](Cc2ccc(-c3ccnc(C)c3C)cc2)C(=O)O)C4)cc1)c1ccc(Cl)c(Cl)c1. The highest BCUT2D eigenvalue weighted by Crippen LogP contribution is 2.43. The number of aromatic nitrogens is 1. The van der Waals surface area contributed by atoms with Gasteiger partial charge in [-0.25, -0.2) is 4.79 Å². The van der Waals surface area contributed by atoms with Crippen molar-refractivity contribution >= 4 is 40.8 Å². The summed E-state index contributed by atoms with van der Waals surface area (Å²) in [5.74, 6) is 0.292. The van der Waals surface area contributed by atoms with Gasteiger partial charge in [0.1, 0.15) is 29.7 Å². The fourth-order valence-corrected chi connectivity index (χ4v) is 8.74. The van der Waals surface area contributed by atoms with E-state index in [9.17, 15) is 14.7 Å². The van der Waals surface area contributed by atoms with Gasteiger partial charge in [-0.05, 0) is 127 Å². The van der Waals surface area contributed by atoms with E-state index in [0.29, 0.717) is 23.0 Å². The minimum absolute atomic E-state index is 0.155. The number of fused-ring (bicyclic) bond motifs is 2. The molecule has 9 nitrogen and oxygen atoms in total. The first-order valence-electron chi connectivity index (χ1n) is 20.5. The molecule has 3 heterocycles. The summed E-state index contributed by atoms with van der Waals surface area (Å²) in [5.41, 5.74) is 10.3. The highest BCUT2D eigenvalue weighted by Gasteiger charge is 2.42. The van der Waals surface area contributed by atoms with E-state index in [-0.39, 0.29) is 30.6 Å². The molecule has 0 radical (unpaired) electrons. The van der Waals surface area contributed by atoms with E-state index >= 15 is 0 Å². The predicted octanol–water partition coefficient (Wildman–Crippen LogP) is 9.86. The van der Waals surface area contributed by atoms with Gasteiger partial charge >= 0.3 is 5.97 Å². The summed E-state index contributed by atoms with van der Waals surface area (Å²) in [6, 6.07) is 26.7. The van der Waals surface area contributed by atoms with Crippen molar-refractivity contribution in [2.24, 2.45) is 0 Å². The summed E-state index contributed by atoms with van der Waals surface area (Å²) in [7, 11) is 2.08. The fraction of sp³-hybridized carbons (Fsp3) is 0.354. The van der Waals surface area contributed by atoms with Crippen LogP contribution in [-0.4, -0.2) is 58.6 Å². The van der Waals surface area contributed by atoms with Crippen LogP contribution in [0.1, 0.15) is 83.9 Å². The number of nitrogens with one attached hydrogen (secondary N) is 1. The lowest BCUT2D eigenvalue weighted by Gasteiger charge is -2.37. The molecule has 0 spiro atoms. The van der Waals surface area contributed by atoms with Crippen molar-refractivity contribution in [3.8, 4) is 22.6 Å². The fourth-order valence-electron chi connectivity index (χ4n) is 8.43. The van der Waals surface area contributed by atoms with E-state index in [1.807, 2.05) is 61.5 Å². The molecule has 8 rings (SSSR count). The lowest BCUT2D eigenvalue weighted by molar-refractivity contribution is -0.142.